The van der Waals surface area contributed by atoms with Crippen LogP contribution in [-0.4, -0.2) is 61.0 Å². The Bertz CT molecular complexity index is 1250. The normalized spacial score (nSPS) is 21.2. The van der Waals surface area contributed by atoms with E-state index in [0.717, 1.165) is 40.1 Å². The largest absolute Gasteiger partial charge is 0.391 e. The molecule has 3 rings (SSSR count). The Morgan fingerprint density at radius 2 is 2.05 bits per heavy atom. The highest BCUT2D eigenvalue weighted by molar-refractivity contribution is 5.94. The molecule has 7 nitrogen and oxygen atoms in total. The van der Waals surface area contributed by atoms with E-state index in [1.54, 1.807) is 24.3 Å². The van der Waals surface area contributed by atoms with E-state index in [2.05, 4.69) is 28.8 Å². The minimum Gasteiger partial charge on any atom is -0.391 e. The van der Waals surface area contributed by atoms with Crippen molar-refractivity contribution in [3.8, 4) is 0 Å². The van der Waals surface area contributed by atoms with Crippen molar-refractivity contribution in [3.05, 3.63) is 88.1 Å². The predicted octanol–water partition coefficient (Wildman–Crippen LogP) is 4.61. The monoisotopic (exact) mass is 523 g/mol. The SMILES string of the molecule is C=C1/C=C(/C(C)N2CC=C(c3c(C)cc(C(C)=O)cc3F)CC2)N(C)/N=C\C=C/1C/C(=C\C(=O)NF)NC. The van der Waals surface area contributed by atoms with Gasteiger partial charge in [0.15, 0.2) is 5.78 Å². The van der Waals surface area contributed by atoms with Gasteiger partial charge in [-0.1, -0.05) is 17.1 Å². The van der Waals surface area contributed by atoms with E-state index in [4.69, 9.17) is 0 Å². The van der Waals surface area contributed by atoms with Gasteiger partial charge in [-0.25, -0.2) is 4.39 Å². The molecule has 0 aliphatic carbocycles. The third-order valence-corrected chi connectivity index (χ3v) is 6.96. The number of Topliss-reactive ketones (excluding diaryl/α,β-unsaturated/α-hetero) is 1. The molecule has 1 aromatic rings. The molecule has 0 saturated carbocycles. The second-order valence-corrected chi connectivity index (χ2v) is 9.49. The molecule has 1 aromatic carbocycles. The lowest BCUT2D eigenvalue weighted by Gasteiger charge is -2.36. The summed E-state index contributed by atoms with van der Waals surface area (Å²) in [4.78, 5) is 25.4. The van der Waals surface area contributed by atoms with Crippen LogP contribution in [-0.2, 0) is 4.79 Å². The Hall–Kier alpha value is -3.85. The number of likely N-dealkylation sites (N-methyl/N-ethyl adjacent to an activating group) is 1. The van der Waals surface area contributed by atoms with Crippen LogP contribution in [0.15, 0.2) is 70.7 Å². The maximum atomic E-state index is 14.9. The van der Waals surface area contributed by atoms with Crippen molar-refractivity contribution in [1.29, 1.82) is 0 Å². The van der Waals surface area contributed by atoms with E-state index in [-0.39, 0.29) is 17.6 Å². The summed E-state index contributed by atoms with van der Waals surface area (Å²) >= 11 is 0. The van der Waals surface area contributed by atoms with Gasteiger partial charge in [0.25, 0.3) is 5.91 Å². The molecule has 2 aliphatic heterocycles. The number of carbonyl (C=O) groups is 2. The predicted molar refractivity (Wildman–Crippen MR) is 147 cm³/mol. The number of carbonyl (C=O) groups excluding carboxylic acids is 2. The first-order chi connectivity index (χ1) is 18.0. The number of benzene rings is 1. The van der Waals surface area contributed by atoms with Gasteiger partial charge < -0.3 is 5.32 Å². The maximum absolute atomic E-state index is 14.9. The van der Waals surface area contributed by atoms with Gasteiger partial charge in [0.1, 0.15) is 5.82 Å². The van der Waals surface area contributed by atoms with Crippen molar-refractivity contribution in [2.45, 2.75) is 39.7 Å². The fourth-order valence-corrected chi connectivity index (χ4v) is 4.73. The molecular formula is C29H35F2N5O2. The Balaban J connectivity index is 1.80. The number of halogens is 2. The number of aryl methyl sites for hydroxylation is 1. The molecule has 2 aliphatic rings. The van der Waals surface area contributed by atoms with Gasteiger partial charge in [-0.15, -0.1) is 0 Å². The lowest BCUT2D eigenvalue weighted by molar-refractivity contribution is -0.120. The number of rotatable bonds is 8. The minimum atomic E-state index is -0.841. The van der Waals surface area contributed by atoms with Crippen LogP contribution in [0.2, 0.25) is 0 Å². The Kier molecular flexibility index (Phi) is 9.52. The number of amides is 1. The Morgan fingerprint density at radius 1 is 1.32 bits per heavy atom. The van der Waals surface area contributed by atoms with Crippen LogP contribution in [0.3, 0.4) is 0 Å². The molecule has 0 saturated heterocycles. The Morgan fingerprint density at radius 3 is 2.63 bits per heavy atom. The van der Waals surface area contributed by atoms with E-state index in [1.165, 1.54) is 19.1 Å². The number of hydrogen-bond acceptors (Lipinski definition) is 6. The smallest absolute Gasteiger partial charge is 0.273 e. The fourth-order valence-electron chi connectivity index (χ4n) is 4.73. The third-order valence-electron chi connectivity index (χ3n) is 6.96. The van der Waals surface area contributed by atoms with Crippen molar-refractivity contribution in [2.24, 2.45) is 5.10 Å². The number of allylic oxidation sites excluding steroid dienone is 4. The van der Waals surface area contributed by atoms with Crippen LogP contribution in [0.25, 0.3) is 5.57 Å². The van der Waals surface area contributed by atoms with Gasteiger partial charge in [-0.3, -0.25) is 19.5 Å². The van der Waals surface area contributed by atoms with Crippen LogP contribution in [0.4, 0.5) is 8.87 Å². The van der Waals surface area contributed by atoms with E-state index in [1.807, 2.05) is 32.2 Å². The van der Waals surface area contributed by atoms with E-state index in [0.29, 0.717) is 36.2 Å². The number of nitrogens with one attached hydrogen (secondary N) is 2. The van der Waals surface area contributed by atoms with Crippen LogP contribution in [0, 0.1) is 12.7 Å². The second-order valence-electron chi connectivity index (χ2n) is 9.49. The Labute approximate surface area is 222 Å². The summed E-state index contributed by atoms with van der Waals surface area (Å²) in [5, 5.41) is 9.23. The average molecular weight is 524 g/mol. The van der Waals surface area contributed by atoms with Crippen molar-refractivity contribution in [3.63, 3.8) is 0 Å². The zero-order chi connectivity index (χ0) is 28.0. The summed E-state index contributed by atoms with van der Waals surface area (Å²) in [5.41, 5.74) is 6.81. The number of ketones is 1. The molecule has 1 unspecified atom stereocenters. The number of hydrogen-bond donors (Lipinski definition) is 2. The van der Waals surface area contributed by atoms with E-state index < -0.39 is 5.91 Å². The fraction of sp³-hybridized carbons (Fsp3) is 0.345. The molecule has 2 N–H and O–H groups in total. The van der Waals surface area contributed by atoms with Gasteiger partial charge in [0, 0.05) is 68.8 Å². The molecular weight excluding hydrogens is 488 g/mol. The van der Waals surface area contributed by atoms with Crippen LogP contribution >= 0.6 is 0 Å². The van der Waals surface area contributed by atoms with Crippen LogP contribution in [0.5, 0.6) is 0 Å². The lowest BCUT2D eigenvalue weighted by atomic mass is 9.92. The summed E-state index contributed by atoms with van der Waals surface area (Å²) in [6, 6.07) is 3.05. The van der Waals surface area contributed by atoms with Crippen molar-refractivity contribution in [2.75, 3.05) is 27.2 Å². The highest BCUT2D eigenvalue weighted by Crippen LogP contribution is 2.31. The molecule has 1 amide bonds. The summed E-state index contributed by atoms with van der Waals surface area (Å²) in [5.74, 6) is -1.36. The molecule has 202 valence electrons. The third kappa shape index (κ3) is 6.72. The second kappa shape index (κ2) is 12.6. The van der Waals surface area contributed by atoms with Crippen molar-refractivity contribution >= 4 is 23.5 Å². The molecule has 1 atom stereocenters. The first-order valence-electron chi connectivity index (χ1n) is 12.5. The van der Waals surface area contributed by atoms with Gasteiger partial charge >= 0.3 is 0 Å². The van der Waals surface area contributed by atoms with Crippen LogP contribution < -0.4 is 10.9 Å². The molecule has 0 fully saturated rings. The van der Waals surface area contributed by atoms with Gasteiger partial charge in [-0.2, -0.15) is 10.6 Å². The zero-order valence-electron chi connectivity index (χ0n) is 22.6. The summed E-state index contributed by atoms with van der Waals surface area (Å²) in [7, 11) is 3.54. The molecule has 0 radical (unpaired) electrons. The van der Waals surface area contributed by atoms with E-state index >= 15 is 0 Å². The molecule has 9 heteroatoms. The molecule has 2 heterocycles. The number of hydrazone groups is 1. The first-order valence-corrected chi connectivity index (χ1v) is 12.5. The maximum Gasteiger partial charge on any atom is 0.273 e. The summed E-state index contributed by atoms with van der Waals surface area (Å²) < 4.78 is 27.4. The van der Waals surface area contributed by atoms with Gasteiger partial charge in [0.05, 0.1) is 5.70 Å². The molecule has 0 aromatic heterocycles. The van der Waals surface area contributed by atoms with Gasteiger partial charge in [-0.05, 0) is 73.8 Å². The average Bonchev–Trinajstić information content (AvgIpc) is 2.88. The first kappa shape index (κ1) is 28.7. The highest BCUT2D eigenvalue weighted by atomic mass is 19.2. The topological polar surface area (TPSA) is 77.0 Å². The van der Waals surface area contributed by atoms with Crippen molar-refractivity contribution in [1.82, 2.24) is 20.8 Å². The molecule has 38 heavy (non-hydrogen) atoms. The van der Waals surface area contributed by atoms with E-state index in [9.17, 15) is 18.5 Å². The minimum absolute atomic E-state index is 0.0197. The van der Waals surface area contributed by atoms with Crippen LogP contribution in [0.1, 0.15) is 48.2 Å². The molecule has 0 bridgehead atoms. The van der Waals surface area contributed by atoms with Gasteiger partial charge in [0.2, 0.25) is 0 Å². The lowest BCUT2D eigenvalue weighted by Crippen LogP contribution is -2.41. The van der Waals surface area contributed by atoms with Crippen molar-refractivity contribution < 1.29 is 18.5 Å². The quantitative estimate of drug-likeness (QED) is 0.296. The zero-order valence-corrected chi connectivity index (χ0v) is 22.6. The standard InChI is InChI=1S/C29H35F2N5O2/c1-18-14-27(35(6)33-10-7-23(18)15-25(32-5)17-28(38)34-31)20(3)36-11-8-22(9-12-36)29-19(2)13-24(21(4)37)16-26(29)30/h7-8,10,13-14,16-17,20,32H,1,9,11-12,15H2,2-6H3,(H,34,38)/b23-7-,25-17+,27-14-,33-10-. The summed E-state index contributed by atoms with van der Waals surface area (Å²) in [6.45, 7) is 10.9. The highest BCUT2D eigenvalue weighted by Gasteiger charge is 2.25. The molecule has 0 spiro atoms. The number of nitrogens with zero attached hydrogens (tertiary/aromatic N) is 3. The summed E-state index contributed by atoms with van der Waals surface area (Å²) in [6.07, 6.45) is 9.69.